The Hall–Kier alpha value is -0.850. The van der Waals surface area contributed by atoms with Crippen LogP contribution in [0, 0.1) is 12.8 Å². The molecule has 0 aromatic carbocycles. The molecule has 72 valence electrons. The van der Waals surface area contributed by atoms with Gasteiger partial charge >= 0.3 is 0 Å². The topological polar surface area (TPSA) is 12.9 Å². The zero-order valence-corrected chi connectivity index (χ0v) is 9.04. The van der Waals surface area contributed by atoms with Crippen LogP contribution in [0.4, 0.5) is 0 Å². The molecule has 13 heavy (non-hydrogen) atoms. The second-order valence-electron chi connectivity index (χ2n) is 3.58. The average molecular weight is 177 g/mol. The first-order valence-corrected chi connectivity index (χ1v) is 5.20. The van der Waals surface area contributed by atoms with Crippen LogP contribution >= 0.6 is 0 Å². The number of pyridine rings is 1. The second-order valence-corrected chi connectivity index (χ2v) is 3.58. The predicted molar refractivity (Wildman–Crippen MR) is 56.8 cm³/mol. The SMILES string of the molecule is CC.Cc1ccc(C2C[C@@H]2C)nc1. The summed E-state index contributed by atoms with van der Waals surface area (Å²) in [6.07, 6.45) is 3.29. The van der Waals surface area contributed by atoms with Gasteiger partial charge in [-0.25, -0.2) is 0 Å². The molecule has 1 aromatic rings. The van der Waals surface area contributed by atoms with Crippen LogP contribution in [0.3, 0.4) is 0 Å². The number of hydrogen-bond acceptors (Lipinski definition) is 1. The van der Waals surface area contributed by atoms with Crippen LogP contribution in [-0.4, -0.2) is 4.98 Å². The molecule has 1 unspecified atom stereocenters. The molecule has 1 heterocycles. The number of nitrogens with zero attached hydrogens (tertiary/aromatic N) is 1. The summed E-state index contributed by atoms with van der Waals surface area (Å²) in [6, 6.07) is 4.30. The van der Waals surface area contributed by atoms with Gasteiger partial charge in [-0.05, 0) is 30.9 Å². The molecule has 0 aliphatic heterocycles. The molecule has 1 aliphatic rings. The van der Waals surface area contributed by atoms with Crippen molar-refractivity contribution >= 4 is 0 Å². The molecular weight excluding hydrogens is 158 g/mol. The molecule has 0 bridgehead atoms. The van der Waals surface area contributed by atoms with E-state index in [1.165, 1.54) is 17.7 Å². The van der Waals surface area contributed by atoms with Crippen molar-refractivity contribution in [2.24, 2.45) is 5.92 Å². The van der Waals surface area contributed by atoms with Crippen molar-refractivity contribution in [3.63, 3.8) is 0 Å². The van der Waals surface area contributed by atoms with E-state index in [0.29, 0.717) is 0 Å². The minimum atomic E-state index is 0.760. The fraction of sp³-hybridized carbons (Fsp3) is 0.583. The quantitative estimate of drug-likeness (QED) is 0.639. The normalized spacial score (nSPS) is 24.6. The largest absolute Gasteiger partial charge is 0.261 e. The van der Waals surface area contributed by atoms with Crippen LogP contribution in [0.5, 0.6) is 0 Å². The van der Waals surface area contributed by atoms with Gasteiger partial charge in [0.05, 0.1) is 0 Å². The minimum Gasteiger partial charge on any atom is -0.261 e. The van der Waals surface area contributed by atoms with E-state index < -0.39 is 0 Å². The van der Waals surface area contributed by atoms with Gasteiger partial charge in [-0.3, -0.25) is 4.98 Å². The van der Waals surface area contributed by atoms with Gasteiger partial charge in [0.2, 0.25) is 0 Å². The molecular formula is C12H19N. The van der Waals surface area contributed by atoms with Gasteiger partial charge in [0.15, 0.2) is 0 Å². The van der Waals surface area contributed by atoms with Gasteiger partial charge in [0.25, 0.3) is 0 Å². The van der Waals surface area contributed by atoms with Gasteiger partial charge in [-0.2, -0.15) is 0 Å². The van der Waals surface area contributed by atoms with Crippen LogP contribution in [0.25, 0.3) is 0 Å². The first kappa shape index (κ1) is 10.2. The molecule has 0 amide bonds. The van der Waals surface area contributed by atoms with Crippen molar-refractivity contribution in [2.75, 3.05) is 0 Å². The average Bonchev–Trinajstić information content (AvgIpc) is 2.88. The predicted octanol–water partition coefficient (Wildman–Crippen LogP) is 3.54. The Balaban J connectivity index is 0.000000396. The molecule has 1 aromatic heterocycles. The lowest BCUT2D eigenvalue weighted by Gasteiger charge is -1.96. The van der Waals surface area contributed by atoms with Crippen LogP contribution in [0.15, 0.2) is 18.3 Å². The third-order valence-corrected chi connectivity index (χ3v) is 2.42. The Labute approximate surface area is 81.2 Å². The van der Waals surface area contributed by atoms with Crippen molar-refractivity contribution in [1.82, 2.24) is 4.98 Å². The molecule has 1 saturated carbocycles. The highest BCUT2D eigenvalue weighted by Gasteiger charge is 2.34. The van der Waals surface area contributed by atoms with E-state index in [0.717, 1.165) is 11.8 Å². The van der Waals surface area contributed by atoms with Crippen molar-refractivity contribution in [2.45, 2.75) is 40.0 Å². The van der Waals surface area contributed by atoms with Crippen molar-refractivity contribution in [3.05, 3.63) is 29.6 Å². The van der Waals surface area contributed by atoms with E-state index in [-0.39, 0.29) is 0 Å². The summed E-state index contributed by atoms with van der Waals surface area (Å²) in [5, 5.41) is 0. The molecule has 0 spiro atoms. The lowest BCUT2D eigenvalue weighted by atomic mass is 10.2. The molecule has 2 atom stereocenters. The zero-order chi connectivity index (χ0) is 9.84. The molecule has 0 saturated heterocycles. The molecule has 0 N–H and O–H groups in total. The highest BCUT2D eigenvalue weighted by molar-refractivity contribution is 5.20. The second kappa shape index (κ2) is 4.40. The summed E-state index contributed by atoms with van der Waals surface area (Å²) >= 11 is 0. The first-order valence-electron chi connectivity index (χ1n) is 5.20. The van der Waals surface area contributed by atoms with Gasteiger partial charge in [0, 0.05) is 17.8 Å². The van der Waals surface area contributed by atoms with Crippen LogP contribution in [0.1, 0.15) is 44.4 Å². The maximum atomic E-state index is 4.39. The summed E-state index contributed by atoms with van der Waals surface area (Å²) in [5.41, 5.74) is 2.53. The Morgan fingerprint density at radius 3 is 2.31 bits per heavy atom. The van der Waals surface area contributed by atoms with E-state index >= 15 is 0 Å². The number of aromatic nitrogens is 1. The van der Waals surface area contributed by atoms with Crippen LogP contribution in [0.2, 0.25) is 0 Å². The van der Waals surface area contributed by atoms with E-state index in [9.17, 15) is 0 Å². The third kappa shape index (κ3) is 2.55. The van der Waals surface area contributed by atoms with E-state index in [4.69, 9.17) is 0 Å². The monoisotopic (exact) mass is 177 g/mol. The first-order chi connectivity index (χ1) is 6.27. The number of aryl methyl sites for hydroxylation is 1. The van der Waals surface area contributed by atoms with Gasteiger partial charge in [-0.15, -0.1) is 0 Å². The minimum absolute atomic E-state index is 0.760. The fourth-order valence-corrected chi connectivity index (χ4v) is 1.43. The lowest BCUT2D eigenvalue weighted by molar-refractivity contribution is 0.883. The Kier molecular flexibility index (Phi) is 3.47. The van der Waals surface area contributed by atoms with E-state index in [2.05, 4.69) is 31.0 Å². The van der Waals surface area contributed by atoms with Crippen molar-refractivity contribution in [3.8, 4) is 0 Å². The summed E-state index contributed by atoms with van der Waals surface area (Å²) in [4.78, 5) is 4.39. The Morgan fingerprint density at radius 1 is 1.31 bits per heavy atom. The van der Waals surface area contributed by atoms with Gasteiger partial charge < -0.3 is 0 Å². The van der Waals surface area contributed by atoms with E-state index in [1.807, 2.05) is 20.0 Å². The smallest absolute Gasteiger partial charge is 0.0437 e. The number of rotatable bonds is 1. The standard InChI is InChI=1S/C10H13N.C2H6/c1-7-3-4-10(11-6-7)9-5-8(9)2;1-2/h3-4,6,8-9H,5H2,1-2H3;1-2H3/t8-,9?;/m0./s1. The Morgan fingerprint density at radius 2 is 1.92 bits per heavy atom. The van der Waals surface area contributed by atoms with Gasteiger partial charge in [-0.1, -0.05) is 26.8 Å². The highest BCUT2D eigenvalue weighted by Crippen LogP contribution is 2.45. The molecule has 1 aliphatic carbocycles. The summed E-state index contributed by atoms with van der Waals surface area (Å²) in [7, 11) is 0. The highest BCUT2D eigenvalue weighted by atomic mass is 14.7. The maximum Gasteiger partial charge on any atom is 0.0437 e. The van der Waals surface area contributed by atoms with Crippen molar-refractivity contribution in [1.29, 1.82) is 0 Å². The number of hydrogen-bond donors (Lipinski definition) is 0. The fourth-order valence-electron chi connectivity index (χ4n) is 1.43. The molecule has 1 heteroatoms. The van der Waals surface area contributed by atoms with Crippen molar-refractivity contribution < 1.29 is 0 Å². The third-order valence-electron chi connectivity index (χ3n) is 2.42. The zero-order valence-electron chi connectivity index (χ0n) is 9.04. The van der Waals surface area contributed by atoms with Crippen LogP contribution in [-0.2, 0) is 0 Å². The summed E-state index contributed by atoms with van der Waals surface area (Å²) < 4.78 is 0. The van der Waals surface area contributed by atoms with Gasteiger partial charge in [0.1, 0.15) is 0 Å². The summed E-state index contributed by atoms with van der Waals surface area (Å²) in [5.74, 6) is 1.63. The molecule has 1 nitrogen and oxygen atoms in total. The van der Waals surface area contributed by atoms with Crippen LogP contribution < -0.4 is 0 Å². The molecule has 1 fully saturated rings. The maximum absolute atomic E-state index is 4.39. The Bertz CT molecular complexity index is 250. The summed E-state index contributed by atoms with van der Waals surface area (Å²) in [6.45, 7) is 8.36. The lowest BCUT2D eigenvalue weighted by Crippen LogP contribution is -1.86. The van der Waals surface area contributed by atoms with E-state index in [1.54, 1.807) is 0 Å². The molecule has 0 radical (unpaired) electrons. The molecule has 2 rings (SSSR count).